The Morgan fingerprint density at radius 1 is 1.32 bits per heavy atom. The second-order valence-corrected chi connectivity index (χ2v) is 7.78. The molecule has 0 saturated carbocycles. The number of furan rings is 1. The number of aliphatic hydroxyl groups is 1. The predicted octanol–water partition coefficient (Wildman–Crippen LogP) is 2.38. The zero-order valence-electron chi connectivity index (χ0n) is 18.3. The molecule has 1 fully saturated rings. The van der Waals surface area contributed by atoms with Gasteiger partial charge < -0.3 is 29.0 Å². The van der Waals surface area contributed by atoms with Crippen LogP contribution in [0.1, 0.15) is 45.5 Å². The van der Waals surface area contributed by atoms with E-state index in [1.165, 1.54) is 18.3 Å². The zero-order chi connectivity index (χ0) is 22.9. The van der Waals surface area contributed by atoms with E-state index < -0.39 is 23.7 Å². The highest BCUT2D eigenvalue weighted by atomic mass is 16.5. The number of aromatic amines is 1. The number of H-pyrrole nitrogens is 1. The van der Waals surface area contributed by atoms with Gasteiger partial charge in [0.15, 0.2) is 0 Å². The molecule has 31 heavy (non-hydrogen) atoms. The number of likely N-dealkylation sites (tertiary alicyclic amines) is 1. The number of nitrogens with one attached hydrogen (secondary N) is 1. The fraction of sp³-hybridized carbons (Fsp3) is 0.409. The SMILES string of the molecule is COC(=O)c1[nH]c(C)c(/C(O)=C2\C(=O)C(=O)N(CCCN(C)C)[C@@H]2c2ccco2)c1C. The fourth-order valence-corrected chi connectivity index (χ4v) is 3.96. The summed E-state index contributed by atoms with van der Waals surface area (Å²) in [7, 11) is 5.11. The summed E-state index contributed by atoms with van der Waals surface area (Å²) in [6.45, 7) is 4.36. The maximum absolute atomic E-state index is 13.0. The van der Waals surface area contributed by atoms with Crippen LogP contribution in [0, 0.1) is 13.8 Å². The number of methoxy groups -OCH3 is 1. The highest BCUT2D eigenvalue weighted by molar-refractivity contribution is 6.46. The smallest absolute Gasteiger partial charge is 0.354 e. The highest BCUT2D eigenvalue weighted by Gasteiger charge is 2.47. The van der Waals surface area contributed by atoms with Gasteiger partial charge in [0.25, 0.3) is 11.7 Å². The van der Waals surface area contributed by atoms with E-state index in [2.05, 4.69) is 4.98 Å². The van der Waals surface area contributed by atoms with Gasteiger partial charge in [-0.15, -0.1) is 0 Å². The minimum atomic E-state index is -0.854. The molecule has 3 heterocycles. The lowest BCUT2D eigenvalue weighted by Gasteiger charge is -2.24. The molecule has 3 rings (SSSR count). The molecule has 1 atom stereocenters. The number of rotatable bonds is 7. The molecule has 0 spiro atoms. The zero-order valence-corrected chi connectivity index (χ0v) is 18.3. The number of hydrogen-bond acceptors (Lipinski definition) is 7. The summed E-state index contributed by atoms with van der Waals surface area (Å²) in [5.74, 6) is -2.05. The quantitative estimate of drug-likeness (QED) is 0.300. The molecule has 0 bridgehead atoms. The number of esters is 1. The summed E-state index contributed by atoms with van der Waals surface area (Å²) in [6.07, 6.45) is 2.10. The van der Waals surface area contributed by atoms with Crippen LogP contribution in [0.15, 0.2) is 28.4 Å². The average molecular weight is 429 g/mol. The Kier molecular flexibility index (Phi) is 6.35. The lowest BCUT2D eigenvalue weighted by Crippen LogP contribution is -2.32. The molecule has 0 aliphatic carbocycles. The van der Waals surface area contributed by atoms with Gasteiger partial charge in [0.2, 0.25) is 0 Å². The molecule has 0 radical (unpaired) electrons. The van der Waals surface area contributed by atoms with Gasteiger partial charge in [-0.05, 0) is 58.6 Å². The third-order valence-corrected chi connectivity index (χ3v) is 5.42. The Labute approximate surface area is 180 Å². The predicted molar refractivity (Wildman–Crippen MR) is 112 cm³/mol. The van der Waals surface area contributed by atoms with Crippen LogP contribution in [0.5, 0.6) is 0 Å². The molecule has 2 N–H and O–H groups in total. The van der Waals surface area contributed by atoms with Gasteiger partial charge in [-0.1, -0.05) is 0 Å². The van der Waals surface area contributed by atoms with Crippen molar-refractivity contribution >= 4 is 23.4 Å². The van der Waals surface area contributed by atoms with Crippen molar-refractivity contribution in [1.29, 1.82) is 0 Å². The molecule has 0 aromatic carbocycles. The molecule has 1 aliphatic heterocycles. The Morgan fingerprint density at radius 2 is 2.03 bits per heavy atom. The van der Waals surface area contributed by atoms with E-state index in [1.54, 1.807) is 26.0 Å². The second kappa shape index (κ2) is 8.81. The average Bonchev–Trinajstić information content (AvgIpc) is 3.40. The second-order valence-electron chi connectivity index (χ2n) is 7.78. The van der Waals surface area contributed by atoms with Crippen LogP contribution in [0.2, 0.25) is 0 Å². The Balaban J connectivity index is 2.12. The van der Waals surface area contributed by atoms with E-state index in [1.807, 2.05) is 19.0 Å². The topological polar surface area (TPSA) is 116 Å². The molecule has 9 nitrogen and oxygen atoms in total. The fourth-order valence-electron chi connectivity index (χ4n) is 3.96. The lowest BCUT2D eigenvalue weighted by atomic mass is 9.97. The van der Waals surface area contributed by atoms with Crippen molar-refractivity contribution in [2.24, 2.45) is 0 Å². The van der Waals surface area contributed by atoms with Gasteiger partial charge in [-0.2, -0.15) is 0 Å². The van der Waals surface area contributed by atoms with Crippen LogP contribution < -0.4 is 0 Å². The molecule has 1 saturated heterocycles. The highest BCUT2D eigenvalue weighted by Crippen LogP contribution is 2.41. The first kappa shape index (κ1) is 22.4. The Hall–Kier alpha value is -3.33. The van der Waals surface area contributed by atoms with Crippen molar-refractivity contribution in [1.82, 2.24) is 14.8 Å². The van der Waals surface area contributed by atoms with Crippen LogP contribution in [0.4, 0.5) is 0 Å². The number of amides is 1. The third-order valence-electron chi connectivity index (χ3n) is 5.42. The van der Waals surface area contributed by atoms with Crippen molar-refractivity contribution in [3.8, 4) is 0 Å². The first-order valence-electron chi connectivity index (χ1n) is 9.93. The number of carbonyl (C=O) groups is 3. The minimum Gasteiger partial charge on any atom is -0.507 e. The number of nitrogens with zero attached hydrogens (tertiary/aromatic N) is 2. The van der Waals surface area contributed by atoms with Crippen molar-refractivity contribution in [3.05, 3.63) is 52.2 Å². The number of Topliss-reactive ketones (excluding diaryl/α,β-unsaturated/α-hetero) is 1. The molecular weight excluding hydrogens is 402 g/mol. The van der Waals surface area contributed by atoms with E-state index in [-0.39, 0.29) is 17.0 Å². The van der Waals surface area contributed by atoms with Crippen LogP contribution in [0.25, 0.3) is 5.76 Å². The van der Waals surface area contributed by atoms with E-state index in [9.17, 15) is 19.5 Å². The number of ketones is 1. The largest absolute Gasteiger partial charge is 0.507 e. The summed E-state index contributed by atoms with van der Waals surface area (Å²) in [4.78, 5) is 44.2. The van der Waals surface area contributed by atoms with Gasteiger partial charge in [0.1, 0.15) is 23.3 Å². The number of ether oxygens (including phenoxy) is 1. The summed E-state index contributed by atoms with van der Waals surface area (Å²) in [5.41, 5.74) is 1.32. The van der Waals surface area contributed by atoms with E-state index in [4.69, 9.17) is 9.15 Å². The van der Waals surface area contributed by atoms with Crippen LogP contribution in [-0.2, 0) is 14.3 Å². The number of aryl methyl sites for hydroxylation is 1. The molecule has 0 unspecified atom stereocenters. The van der Waals surface area contributed by atoms with Crippen molar-refractivity contribution in [2.75, 3.05) is 34.3 Å². The number of carbonyl (C=O) groups excluding carboxylic acids is 3. The monoisotopic (exact) mass is 429 g/mol. The van der Waals surface area contributed by atoms with Crippen molar-refractivity contribution in [2.45, 2.75) is 26.3 Å². The third kappa shape index (κ3) is 4.00. The molecular formula is C22H27N3O6. The van der Waals surface area contributed by atoms with Gasteiger partial charge >= 0.3 is 5.97 Å². The van der Waals surface area contributed by atoms with Crippen LogP contribution >= 0.6 is 0 Å². The molecule has 166 valence electrons. The maximum atomic E-state index is 13.0. The number of aromatic nitrogens is 1. The molecule has 9 heteroatoms. The number of hydrogen-bond donors (Lipinski definition) is 2. The number of aliphatic hydroxyl groups excluding tert-OH is 1. The van der Waals surface area contributed by atoms with E-state index >= 15 is 0 Å². The Morgan fingerprint density at radius 3 is 2.61 bits per heavy atom. The normalized spacial score (nSPS) is 18.3. The molecule has 1 amide bonds. The van der Waals surface area contributed by atoms with Crippen molar-refractivity contribution < 1.29 is 28.6 Å². The first-order chi connectivity index (χ1) is 14.7. The van der Waals surface area contributed by atoms with E-state index in [0.717, 1.165) is 6.54 Å². The Bertz CT molecular complexity index is 1030. The van der Waals surface area contributed by atoms with Crippen molar-refractivity contribution in [3.63, 3.8) is 0 Å². The standard InChI is InChI=1S/C22H27N3O6/c1-12-15(13(2)23-17(12)22(29)30-5)19(26)16-18(14-8-6-11-31-14)25(21(28)20(16)27)10-7-9-24(3)4/h6,8,11,18,23,26H,7,9-10H2,1-5H3/b19-16+/t18-/m1/s1. The van der Waals surface area contributed by atoms with Crippen LogP contribution in [-0.4, -0.2) is 71.8 Å². The van der Waals surface area contributed by atoms with Crippen LogP contribution in [0.3, 0.4) is 0 Å². The lowest BCUT2D eigenvalue weighted by molar-refractivity contribution is -0.140. The minimum absolute atomic E-state index is 0.0635. The van der Waals surface area contributed by atoms with Gasteiger partial charge in [0.05, 0.1) is 18.9 Å². The summed E-state index contributed by atoms with van der Waals surface area (Å²) >= 11 is 0. The van der Waals surface area contributed by atoms with Gasteiger partial charge in [-0.3, -0.25) is 9.59 Å². The molecule has 1 aliphatic rings. The summed E-state index contributed by atoms with van der Waals surface area (Å²) in [5, 5.41) is 11.2. The summed E-state index contributed by atoms with van der Waals surface area (Å²) < 4.78 is 10.3. The first-order valence-corrected chi connectivity index (χ1v) is 9.93. The molecule has 2 aromatic rings. The maximum Gasteiger partial charge on any atom is 0.354 e. The molecule has 2 aromatic heterocycles. The van der Waals surface area contributed by atoms with E-state index in [0.29, 0.717) is 35.5 Å². The van der Waals surface area contributed by atoms with Gasteiger partial charge in [-0.25, -0.2) is 4.79 Å². The van der Waals surface area contributed by atoms with Gasteiger partial charge in [0, 0.05) is 17.8 Å². The summed E-state index contributed by atoms with van der Waals surface area (Å²) in [6, 6.07) is 2.48.